The third kappa shape index (κ3) is 11.2. The first-order valence-corrected chi connectivity index (χ1v) is 5.54. The van der Waals surface area contributed by atoms with Crippen LogP contribution >= 0.6 is 0 Å². The number of rotatable bonds is 5. The lowest BCUT2D eigenvalue weighted by Crippen LogP contribution is -2.45. The first kappa shape index (κ1) is 14.2. The zero-order valence-corrected chi connectivity index (χ0v) is 10.8. The maximum atomic E-state index is 5.73. The largest absolute Gasteiger partial charge is 0.370 e. The van der Waals surface area contributed by atoms with E-state index in [0.29, 0.717) is 5.96 Å². The number of aliphatic imine (C=N–C) groups is 1. The van der Waals surface area contributed by atoms with Crippen molar-refractivity contribution in [1.29, 1.82) is 0 Å². The Balaban J connectivity index is 3.59. The topological polar surface area (TPSA) is 53.6 Å². The maximum absolute atomic E-state index is 5.73. The quantitative estimate of drug-likeness (QED) is 0.408. The molecule has 3 N–H and O–H groups in total. The van der Waals surface area contributed by atoms with Gasteiger partial charge in [-0.05, 0) is 54.3 Å². The van der Waals surface area contributed by atoms with Crippen LogP contribution in [-0.2, 0) is 0 Å². The highest BCUT2D eigenvalue weighted by Crippen LogP contribution is 1.97. The highest BCUT2D eigenvalue weighted by atomic mass is 15.1. The molecule has 0 aromatic carbocycles. The van der Waals surface area contributed by atoms with Crippen LogP contribution in [0.4, 0.5) is 0 Å². The van der Waals surface area contributed by atoms with Gasteiger partial charge in [0.2, 0.25) is 0 Å². The van der Waals surface area contributed by atoms with Crippen molar-refractivity contribution in [2.45, 2.75) is 39.2 Å². The van der Waals surface area contributed by atoms with Gasteiger partial charge in [0.25, 0.3) is 0 Å². The number of hydrogen-bond acceptors (Lipinski definition) is 2. The van der Waals surface area contributed by atoms with Gasteiger partial charge in [0.15, 0.2) is 5.96 Å². The highest BCUT2D eigenvalue weighted by molar-refractivity contribution is 5.78. The average molecular weight is 214 g/mol. The van der Waals surface area contributed by atoms with Gasteiger partial charge in [-0.1, -0.05) is 0 Å². The van der Waals surface area contributed by atoms with E-state index in [4.69, 9.17) is 5.73 Å². The van der Waals surface area contributed by atoms with Crippen molar-refractivity contribution in [3.8, 4) is 0 Å². The third-order valence-corrected chi connectivity index (χ3v) is 1.80. The summed E-state index contributed by atoms with van der Waals surface area (Å²) in [4.78, 5) is 6.45. The van der Waals surface area contributed by atoms with E-state index in [2.05, 4.69) is 50.1 Å². The standard InChI is InChI=1S/C11H26N4/c1-11(2,3)14-10(12)13-8-6-7-9-15(4)5/h6-9H2,1-5H3,(H3,12,13,14). The number of hydrogen-bond donors (Lipinski definition) is 2. The molecular formula is C11H26N4. The van der Waals surface area contributed by atoms with Crippen molar-refractivity contribution in [2.24, 2.45) is 10.7 Å². The van der Waals surface area contributed by atoms with Crippen LogP contribution in [0.2, 0.25) is 0 Å². The van der Waals surface area contributed by atoms with E-state index in [0.717, 1.165) is 19.5 Å². The van der Waals surface area contributed by atoms with Gasteiger partial charge in [-0.2, -0.15) is 0 Å². The first-order chi connectivity index (χ1) is 6.81. The third-order valence-electron chi connectivity index (χ3n) is 1.80. The lowest BCUT2D eigenvalue weighted by molar-refractivity contribution is 0.395. The van der Waals surface area contributed by atoms with E-state index >= 15 is 0 Å². The van der Waals surface area contributed by atoms with Gasteiger partial charge in [-0.3, -0.25) is 4.99 Å². The molecular weight excluding hydrogens is 188 g/mol. The Morgan fingerprint density at radius 2 is 1.87 bits per heavy atom. The summed E-state index contributed by atoms with van der Waals surface area (Å²) >= 11 is 0. The Morgan fingerprint density at radius 3 is 2.33 bits per heavy atom. The van der Waals surface area contributed by atoms with Crippen LogP contribution in [0.25, 0.3) is 0 Å². The van der Waals surface area contributed by atoms with Gasteiger partial charge >= 0.3 is 0 Å². The summed E-state index contributed by atoms with van der Waals surface area (Å²) in [6.07, 6.45) is 2.25. The number of unbranched alkanes of at least 4 members (excludes halogenated alkanes) is 1. The molecule has 0 heterocycles. The van der Waals surface area contributed by atoms with Crippen molar-refractivity contribution in [3.05, 3.63) is 0 Å². The molecule has 0 spiro atoms. The fourth-order valence-electron chi connectivity index (χ4n) is 1.16. The van der Waals surface area contributed by atoms with Crippen molar-refractivity contribution in [1.82, 2.24) is 10.2 Å². The molecule has 0 saturated carbocycles. The molecule has 0 aliphatic rings. The molecule has 0 saturated heterocycles. The molecule has 0 bridgehead atoms. The molecule has 0 fully saturated rings. The van der Waals surface area contributed by atoms with Crippen molar-refractivity contribution < 1.29 is 0 Å². The summed E-state index contributed by atoms with van der Waals surface area (Å²) in [6, 6.07) is 0. The monoisotopic (exact) mass is 214 g/mol. The molecule has 4 nitrogen and oxygen atoms in total. The molecule has 0 aliphatic heterocycles. The number of nitrogens with two attached hydrogens (primary N) is 1. The molecule has 0 atom stereocenters. The van der Waals surface area contributed by atoms with E-state index < -0.39 is 0 Å². The summed E-state index contributed by atoms with van der Waals surface area (Å²) in [5.74, 6) is 0.548. The Bertz CT molecular complexity index is 191. The summed E-state index contributed by atoms with van der Waals surface area (Å²) in [7, 11) is 4.16. The Kier molecular flexibility index (Phi) is 6.32. The second-order valence-electron chi connectivity index (χ2n) is 5.15. The molecule has 15 heavy (non-hydrogen) atoms. The molecule has 0 amide bonds. The molecule has 4 heteroatoms. The van der Waals surface area contributed by atoms with Gasteiger partial charge in [-0.15, -0.1) is 0 Å². The fourth-order valence-corrected chi connectivity index (χ4v) is 1.16. The molecule has 0 unspecified atom stereocenters. The van der Waals surface area contributed by atoms with E-state index in [1.165, 1.54) is 6.42 Å². The highest BCUT2D eigenvalue weighted by Gasteiger charge is 2.09. The molecule has 0 aliphatic carbocycles. The SMILES string of the molecule is CN(C)CCCCN=C(N)NC(C)(C)C. The van der Waals surface area contributed by atoms with E-state index in [1.54, 1.807) is 0 Å². The minimum Gasteiger partial charge on any atom is -0.370 e. The summed E-state index contributed by atoms with van der Waals surface area (Å²) < 4.78 is 0. The van der Waals surface area contributed by atoms with Crippen LogP contribution < -0.4 is 11.1 Å². The summed E-state index contributed by atoms with van der Waals surface area (Å²) in [6.45, 7) is 8.13. The Morgan fingerprint density at radius 1 is 1.27 bits per heavy atom. The van der Waals surface area contributed by atoms with E-state index in [9.17, 15) is 0 Å². The number of guanidine groups is 1. The molecule has 0 aromatic rings. The van der Waals surface area contributed by atoms with Crippen molar-refractivity contribution >= 4 is 5.96 Å². The van der Waals surface area contributed by atoms with Gasteiger partial charge in [0.05, 0.1) is 0 Å². The van der Waals surface area contributed by atoms with Gasteiger partial charge in [-0.25, -0.2) is 0 Å². The Hall–Kier alpha value is -0.770. The van der Waals surface area contributed by atoms with Crippen molar-refractivity contribution in [2.75, 3.05) is 27.2 Å². The predicted molar refractivity (Wildman–Crippen MR) is 67.2 cm³/mol. The lowest BCUT2D eigenvalue weighted by atomic mass is 10.1. The van der Waals surface area contributed by atoms with Gasteiger partial charge in [0.1, 0.15) is 0 Å². The second-order valence-corrected chi connectivity index (χ2v) is 5.15. The van der Waals surface area contributed by atoms with Crippen molar-refractivity contribution in [3.63, 3.8) is 0 Å². The number of nitrogens with zero attached hydrogens (tertiary/aromatic N) is 2. The smallest absolute Gasteiger partial charge is 0.188 e. The number of nitrogens with one attached hydrogen (secondary N) is 1. The minimum absolute atomic E-state index is 0.00276. The zero-order valence-electron chi connectivity index (χ0n) is 10.8. The van der Waals surface area contributed by atoms with Crippen LogP contribution in [0.5, 0.6) is 0 Å². The van der Waals surface area contributed by atoms with Crippen LogP contribution in [0.15, 0.2) is 4.99 Å². The molecule has 0 aromatic heterocycles. The van der Waals surface area contributed by atoms with Crippen LogP contribution in [0, 0.1) is 0 Å². The zero-order chi connectivity index (χ0) is 11.9. The normalized spacial score (nSPS) is 13.3. The van der Waals surface area contributed by atoms with Crippen LogP contribution in [-0.4, -0.2) is 43.6 Å². The molecule has 90 valence electrons. The van der Waals surface area contributed by atoms with Gasteiger partial charge < -0.3 is 16.0 Å². The van der Waals surface area contributed by atoms with Gasteiger partial charge in [0, 0.05) is 12.1 Å². The average Bonchev–Trinajstić information content (AvgIpc) is 1.99. The van der Waals surface area contributed by atoms with Crippen LogP contribution in [0.1, 0.15) is 33.6 Å². The predicted octanol–water partition coefficient (Wildman–Crippen LogP) is 1.03. The maximum Gasteiger partial charge on any atom is 0.188 e. The van der Waals surface area contributed by atoms with E-state index in [-0.39, 0.29) is 5.54 Å². The van der Waals surface area contributed by atoms with E-state index in [1.807, 2.05) is 0 Å². The summed E-state index contributed by atoms with van der Waals surface area (Å²) in [5, 5.41) is 3.14. The summed E-state index contributed by atoms with van der Waals surface area (Å²) in [5.41, 5.74) is 5.73. The minimum atomic E-state index is -0.00276. The molecule has 0 rings (SSSR count). The fraction of sp³-hybridized carbons (Fsp3) is 0.909. The molecule has 0 radical (unpaired) electrons. The second kappa shape index (κ2) is 6.67. The lowest BCUT2D eigenvalue weighted by Gasteiger charge is -2.21. The Labute approximate surface area is 93.9 Å². The van der Waals surface area contributed by atoms with Crippen LogP contribution in [0.3, 0.4) is 0 Å². The first-order valence-electron chi connectivity index (χ1n) is 5.54.